The zero-order valence-electron chi connectivity index (χ0n) is 13.7. The van der Waals surface area contributed by atoms with Gasteiger partial charge in [0.2, 0.25) is 5.91 Å². The van der Waals surface area contributed by atoms with Crippen LogP contribution in [0.1, 0.15) is 44.3 Å². The Morgan fingerprint density at radius 3 is 2.87 bits per heavy atom. The second kappa shape index (κ2) is 7.54. The fourth-order valence-corrected chi connectivity index (χ4v) is 2.04. The van der Waals surface area contributed by atoms with E-state index in [2.05, 4.69) is 26.6 Å². The summed E-state index contributed by atoms with van der Waals surface area (Å²) in [6.07, 6.45) is 3.16. The first-order chi connectivity index (χ1) is 11.0. The van der Waals surface area contributed by atoms with Gasteiger partial charge in [-0.25, -0.2) is 4.98 Å². The van der Waals surface area contributed by atoms with Gasteiger partial charge in [0.25, 0.3) is 0 Å². The van der Waals surface area contributed by atoms with Gasteiger partial charge in [0, 0.05) is 38.2 Å². The quantitative estimate of drug-likeness (QED) is 0.782. The molecule has 8 nitrogen and oxygen atoms in total. The number of anilines is 1. The van der Waals surface area contributed by atoms with Gasteiger partial charge in [0.15, 0.2) is 11.6 Å². The molecule has 1 N–H and O–H groups in total. The summed E-state index contributed by atoms with van der Waals surface area (Å²) in [4.78, 5) is 16.5. The Morgan fingerprint density at radius 1 is 1.43 bits per heavy atom. The van der Waals surface area contributed by atoms with Crippen molar-refractivity contribution in [3.05, 3.63) is 23.9 Å². The van der Waals surface area contributed by atoms with Crippen molar-refractivity contribution in [3.8, 4) is 6.07 Å². The highest BCUT2D eigenvalue weighted by Crippen LogP contribution is 2.10. The molecule has 0 spiro atoms. The van der Waals surface area contributed by atoms with Gasteiger partial charge >= 0.3 is 0 Å². The summed E-state index contributed by atoms with van der Waals surface area (Å²) >= 11 is 0. The Hall–Kier alpha value is -2.69. The van der Waals surface area contributed by atoms with E-state index < -0.39 is 0 Å². The number of aryl methyl sites for hydroxylation is 2. The third-order valence-corrected chi connectivity index (χ3v) is 3.29. The number of hydrogen-bond donors (Lipinski definition) is 1. The standard InChI is InChI=1S/C15H21N7O/c1-11(2)15-18-13(21(3)20-15)10-14(23)17-12-6-9-22(19-12)8-5-4-7-16/h6,9,11H,4-5,8,10H2,1-3H3,(H,17,19,23). The molecule has 0 radical (unpaired) electrons. The van der Waals surface area contributed by atoms with Gasteiger partial charge < -0.3 is 5.32 Å². The maximum absolute atomic E-state index is 12.1. The molecule has 1 amide bonds. The number of nitriles is 1. The summed E-state index contributed by atoms with van der Waals surface area (Å²) in [6.45, 7) is 4.68. The number of aromatic nitrogens is 5. The van der Waals surface area contributed by atoms with Crippen LogP contribution in [0.4, 0.5) is 5.82 Å². The topological polar surface area (TPSA) is 101 Å². The summed E-state index contributed by atoms with van der Waals surface area (Å²) < 4.78 is 3.35. The highest BCUT2D eigenvalue weighted by Gasteiger charge is 2.14. The monoisotopic (exact) mass is 315 g/mol. The molecule has 2 rings (SSSR count). The molecule has 0 saturated heterocycles. The summed E-state index contributed by atoms with van der Waals surface area (Å²) in [5, 5.41) is 19.8. The van der Waals surface area contributed by atoms with E-state index in [4.69, 9.17) is 5.26 Å². The lowest BCUT2D eigenvalue weighted by Gasteiger charge is -2.02. The Balaban J connectivity index is 1.91. The molecule has 0 saturated carbocycles. The minimum atomic E-state index is -0.182. The molecular formula is C15H21N7O. The third-order valence-electron chi connectivity index (χ3n) is 3.29. The maximum atomic E-state index is 12.1. The van der Waals surface area contributed by atoms with Gasteiger partial charge in [-0.3, -0.25) is 14.2 Å². The van der Waals surface area contributed by atoms with Gasteiger partial charge in [-0.15, -0.1) is 0 Å². The van der Waals surface area contributed by atoms with Crippen molar-refractivity contribution in [1.29, 1.82) is 5.26 Å². The van der Waals surface area contributed by atoms with E-state index >= 15 is 0 Å². The number of nitrogens with zero attached hydrogens (tertiary/aromatic N) is 6. The van der Waals surface area contributed by atoms with Gasteiger partial charge in [0.05, 0.1) is 12.5 Å². The maximum Gasteiger partial charge on any atom is 0.233 e. The minimum absolute atomic E-state index is 0.150. The van der Waals surface area contributed by atoms with Gasteiger partial charge in [-0.2, -0.15) is 15.5 Å². The molecule has 122 valence electrons. The lowest BCUT2D eigenvalue weighted by molar-refractivity contribution is -0.115. The van der Waals surface area contributed by atoms with Crippen LogP contribution in [0.15, 0.2) is 12.3 Å². The zero-order valence-corrected chi connectivity index (χ0v) is 13.7. The molecule has 0 fully saturated rings. The summed E-state index contributed by atoms with van der Waals surface area (Å²) in [6, 6.07) is 3.83. The second-order valence-electron chi connectivity index (χ2n) is 5.62. The van der Waals surface area contributed by atoms with Crippen molar-refractivity contribution < 1.29 is 4.79 Å². The first kappa shape index (κ1) is 16.7. The van der Waals surface area contributed by atoms with Crippen molar-refractivity contribution in [2.24, 2.45) is 7.05 Å². The molecule has 2 aromatic rings. The Morgan fingerprint density at radius 2 is 2.22 bits per heavy atom. The van der Waals surface area contributed by atoms with E-state index in [0.717, 1.165) is 12.2 Å². The average Bonchev–Trinajstić information content (AvgIpc) is 3.07. The average molecular weight is 315 g/mol. The van der Waals surface area contributed by atoms with Crippen molar-refractivity contribution >= 4 is 11.7 Å². The third kappa shape index (κ3) is 4.64. The van der Waals surface area contributed by atoms with Crippen molar-refractivity contribution in [2.75, 3.05) is 5.32 Å². The number of amides is 1. The van der Waals surface area contributed by atoms with Crippen LogP contribution in [0.25, 0.3) is 0 Å². The van der Waals surface area contributed by atoms with Crippen LogP contribution >= 0.6 is 0 Å². The number of nitrogens with one attached hydrogen (secondary N) is 1. The Labute approximate surface area is 135 Å². The molecule has 0 aliphatic carbocycles. The van der Waals surface area contributed by atoms with E-state index in [9.17, 15) is 4.79 Å². The van der Waals surface area contributed by atoms with Crippen LogP contribution in [0.5, 0.6) is 0 Å². The van der Waals surface area contributed by atoms with Crippen LogP contribution in [0.3, 0.4) is 0 Å². The molecule has 0 bridgehead atoms. The molecule has 0 aliphatic rings. The van der Waals surface area contributed by atoms with Gasteiger partial charge in [0.1, 0.15) is 5.82 Å². The number of unbranched alkanes of at least 4 members (excludes halogenated alkanes) is 1. The fraction of sp³-hybridized carbons (Fsp3) is 0.533. The molecule has 2 aromatic heterocycles. The van der Waals surface area contributed by atoms with E-state index in [0.29, 0.717) is 24.6 Å². The molecule has 2 heterocycles. The van der Waals surface area contributed by atoms with Crippen molar-refractivity contribution in [3.63, 3.8) is 0 Å². The molecule has 0 atom stereocenters. The first-order valence-electron chi connectivity index (χ1n) is 7.59. The summed E-state index contributed by atoms with van der Waals surface area (Å²) in [5.41, 5.74) is 0. The molecule has 8 heteroatoms. The SMILES string of the molecule is CC(C)c1nc(CC(=O)Nc2ccn(CCCC#N)n2)n(C)n1. The second-order valence-corrected chi connectivity index (χ2v) is 5.62. The van der Waals surface area contributed by atoms with Crippen molar-refractivity contribution in [2.45, 2.75) is 45.6 Å². The number of carbonyl (C=O) groups is 1. The van der Waals surface area contributed by atoms with E-state index in [1.807, 2.05) is 13.8 Å². The zero-order chi connectivity index (χ0) is 16.8. The predicted molar refractivity (Wildman–Crippen MR) is 84.5 cm³/mol. The highest BCUT2D eigenvalue weighted by molar-refractivity contribution is 5.90. The smallest absolute Gasteiger partial charge is 0.233 e. The van der Waals surface area contributed by atoms with Crippen LogP contribution in [0, 0.1) is 11.3 Å². The molecular weight excluding hydrogens is 294 g/mol. The Bertz CT molecular complexity index is 708. The molecule has 0 aromatic carbocycles. The molecule has 0 unspecified atom stereocenters. The van der Waals surface area contributed by atoms with E-state index in [1.165, 1.54) is 0 Å². The minimum Gasteiger partial charge on any atom is -0.309 e. The lowest BCUT2D eigenvalue weighted by Crippen LogP contribution is -2.17. The van der Waals surface area contributed by atoms with Crippen LogP contribution in [0.2, 0.25) is 0 Å². The normalized spacial score (nSPS) is 10.7. The van der Waals surface area contributed by atoms with Crippen LogP contribution in [-0.4, -0.2) is 30.5 Å². The largest absolute Gasteiger partial charge is 0.309 e. The van der Waals surface area contributed by atoms with Gasteiger partial charge in [-0.05, 0) is 6.42 Å². The summed E-state index contributed by atoms with van der Waals surface area (Å²) in [5.74, 6) is 1.90. The number of carbonyl (C=O) groups excluding carboxylic acids is 1. The fourth-order valence-electron chi connectivity index (χ4n) is 2.04. The Kier molecular flexibility index (Phi) is 5.46. The van der Waals surface area contributed by atoms with E-state index in [1.54, 1.807) is 28.7 Å². The van der Waals surface area contributed by atoms with E-state index in [-0.39, 0.29) is 18.2 Å². The summed E-state index contributed by atoms with van der Waals surface area (Å²) in [7, 11) is 1.78. The molecule has 23 heavy (non-hydrogen) atoms. The predicted octanol–water partition coefficient (Wildman–Crippen LogP) is 1.62. The van der Waals surface area contributed by atoms with Crippen LogP contribution in [-0.2, 0) is 24.8 Å². The van der Waals surface area contributed by atoms with Gasteiger partial charge in [-0.1, -0.05) is 13.8 Å². The lowest BCUT2D eigenvalue weighted by atomic mass is 10.2. The number of rotatable bonds is 7. The number of hydrogen-bond acceptors (Lipinski definition) is 5. The first-order valence-corrected chi connectivity index (χ1v) is 7.59. The molecule has 0 aliphatic heterocycles. The highest BCUT2D eigenvalue weighted by atomic mass is 16.1. The van der Waals surface area contributed by atoms with Crippen molar-refractivity contribution in [1.82, 2.24) is 24.5 Å². The van der Waals surface area contributed by atoms with Crippen LogP contribution < -0.4 is 5.32 Å².